The summed E-state index contributed by atoms with van der Waals surface area (Å²) in [5.74, 6) is 0.0451. The van der Waals surface area contributed by atoms with Gasteiger partial charge in [0, 0.05) is 25.3 Å². The lowest BCUT2D eigenvalue weighted by Gasteiger charge is -2.48. The number of hydrogen-bond donors (Lipinski definition) is 1. The number of amides is 2. The number of carbonyl (C=O) groups is 1. The molecule has 3 rings (SSSR count). The van der Waals surface area contributed by atoms with Crippen LogP contribution in [0.5, 0.6) is 0 Å². The molecular formula is C17H25FN4O2. The third-order valence-electron chi connectivity index (χ3n) is 4.53. The van der Waals surface area contributed by atoms with Gasteiger partial charge in [0.15, 0.2) is 11.6 Å². The van der Waals surface area contributed by atoms with Crippen molar-refractivity contribution in [1.82, 2.24) is 15.2 Å². The second kappa shape index (κ2) is 6.93. The lowest BCUT2D eigenvalue weighted by atomic mass is 9.90. The monoisotopic (exact) mass is 336 g/mol. The van der Waals surface area contributed by atoms with Crippen LogP contribution < -0.4 is 10.2 Å². The highest BCUT2D eigenvalue weighted by molar-refractivity contribution is 5.74. The van der Waals surface area contributed by atoms with Gasteiger partial charge >= 0.3 is 6.03 Å². The van der Waals surface area contributed by atoms with Crippen LogP contribution in [0, 0.1) is 5.82 Å². The Morgan fingerprint density at radius 1 is 1.42 bits per heavy atom. The number of pyridine rings is 1. The van der Waals surface area contributed by atoms with Crippen LogP contribution >= 0.6 is 0 Å². The predicted octanol–water partition coefficient (Wildman–Crippen LogP) is 2.01. The van der Waals surface area contributed by atoms with Gasteiger partial charge in [0.05, 0.1) is 19.7 Å². The molecule has 2 fully saturated rings. The van der Waals surface area contributed by atoms with E-state index in [0.717, 1.165) is 19.4 Å². The lowest BCUT2D eigenvalue weighted by Crippen LogP contribution is -2.62. The molecule has 1 spiro atoms. The fourth-order valence-electron chi connectivity index (χ4n) is 3.49. The number of anilines is 1. The predicted molar refractivity (Wildman–Crippen MR) is 89.6 cm³/mol. The van der Waals surface area contributed by atoms with Crippen LogP contribution in [-0.2, 0) is 4.74 Å². The largest absolute Gasteiger partial charge is 0.369 e. The summed E-state index contributed by atoms with van der Waals surface area (Å²) in [6.45, 7) is 6.79. The van der Waals surface area contributed by atoms with Gasteiger partial charge in [-0.15, -0.1) is 0 Å². The van der Waals surface area contributed by atoms with Crippen LogP contribution in [0.1, 0.15) is 26.7 Å². The van der Waals surface area contributed by atoms with Gasteiger partial charge in [-0.2, -0.15) is 0 Å². The molecule has 2 saturated heterocycles. The Morgan fingerprint density at radius 3 is 3.00 bits per heavy atom. The molecular weight excluding hydrogens is 311 g/mol. The average molecular weight is 336 g/mol. The highest BCUT2D eigenvalue weighted by atomic mass is 19.1. The second-order valence-electron chi connectivity index (χ2n) is 6.89. The molecule has 0 radical (unpaired) electrons. The van der Waals surface area contributed by atoms with Crippen LogP contribution in [0.25, 0.3) is 0 Å². The average Bonchev–Trinajstić information content (AvgIpc) is 2.55. The summed E-state index contributed by atoms with van der Waals surface area (Å²) in [6, 6.07) is 3.05. The van der Waals surface area contributed by atoms with Crippen molar-refractivity contribution in [3.8, 4) is 0 Å². The molecule has 0 aliphatic carbocycles. The zero-order chi connectivity index (χ0) is 17.2. The number of halogens is 1. The van der Waals surface area contributed by atoms with Crippen LogP contribution in [0.15, 0.2) is 18.3 Å². The summed E-state index contributed by atoms with van der Waals surface area (Å²) in [4.78, 5) is 20.2. The maximum absolute atomic E-state index is 14.1. The van der Waals surface area contributed by atoms with Gasteiger partial charge < -0.3 is 19.9 Å². The number of morpholine rings is 1. The molecule has 1 atom stereocenters. The van der Waals surface area contributed by atoms with Crippen molar-refractivity contribution in [2.24, 2.45) is 0 Å². The summed E-state index contributed by atoms with van der Waals surface area (Å²) in [5, 5.41) is 2.93. The quantitative estimate of drug-likeness (QED) is 0.898. The van der Waals surface area contributed by atoms with Gasteiger partial charge in [0.2, 0.25) is 0 Å². The number of carbonyl (C=O) groups excluding carboxylic acids is 1. The van der Waals surface area contributed by atoms with Crippen molar-refractivity contribution in [2.75, 3.05) is 37.7 Å². The molecule has 0 aromatic carbocycles. The first-order chi connectivity index (χ1) is 11.5. The Morgan fingerprint density at radius 2 is 2.25 bits per heavy atom. The van der Waals surface area contributed by atoms with Gasteiger partial charge in [-0.3, -0.25) is 0 Å². The van der Waals surface area contributed by atoms with Gasteiger partial charge in [0.25, 0.3) is 0 Å². The second-order valence-corrected chi connectivity index (χ2v) is 6.89. The van der Waals surface area contributed by atoms with Crippen molar-refractivity contribution in [2.45, 2.75) is 38.3 Å². The number of aromatic nitrogens is 1. The molecule has 1 unspecified atom stereocenters. The summed E-state index contributed by atoms with van der Waals surface area (Å²) < 4.78 is 20.1. The topological polar surface area (TPSA) is 57.7 Å². The first kappa shape index (κ1) is 17.0. The Balaban J connectivity index is 1.72. The van der Waals surface area contributed by atoms with E-state index in [1.54, 1.807) is 12.3 Å². The third-order valence-corrected chi connectivity index (χ3v) is 4.53. The van der Waals surface area contributed by atoms with Gasteiger partial charge in [-0.05, 0) is 38.8 Å². The Hall–Kier alpha value is -1.89. The van der Waals surface area contributed by atoms with E-state index in [-0.39, 0.29) is 17.9 Å². The minimum atomic E-state index is -0.450. The maximum Gasteiger partial charge on any atom is 0.317 e. The fourth-order valence-corrected chi connectivity index (χ4v) is 3.49. The molecule has 6 nitrogen and oxygen atoms in total. The molecule has 24 heavy (non-hydrogen) atoms. The van der Waals surface area contributed by atoms with Crippen molar-refractivity contribution >= 4 is 11.8 Å². The highest BCUT2D eigenvalue weighted by Gasteiger charge is 2.42. The molecule has 1 aromatic rings. The van der Waals surface area contributed by atoms with Crippen LogP contribution in [-0.4, -0.2) is 60.3 Å². The Bertz CT molecular complexity index is 594. The van der Waals surface area contributed by atoms with Crippen LogP contribution in [0.4, 0.5) is 15.0 Å². The van der Waals surface area contributed by atoms with Crippen LogP contribution in [0.2, 0.25) is 0 Å². The fraction of sp³-hybridized carbons (Fsp3) is 0.647. The van der Waals surface area contributed by atoms with E-state index < -0.39 is 5.60 Å². The number of nitrogens with zero attached hydrogens (tertiary/aromatic N) is 3. The van der Waals surface area contributed by atoms with E-state index in [2.05, 4.69) is 10.3 Å². The van der Waals surface area contributed by atoms with Crippen molar-refractivity contribution in [3.63, 3.8) is 0 Å². The number of rotatable bonds is 2. The van der Waals surface area contributed by atoms with Gasteiger partial charge in [-0.1, -0.05) is 0 Å². The standard InChI is InChI=1S/C17H25FN4O2/c1-13(2)20-16(23)22-9-10-24-17(12-22)6-4-8-21(11-17)15-14(18)5-3-7-19-15/h3,5,7,13H,4,6,8-12H2,1-2H3,(H,20,23). The van der Waals surface area contributed by atoms with E-state index in [1.165, 1.54) is 6.07 Å². The normalized spacial score (nSPS) is 24.5. The number of ether oxygens (including phenoxy) is 1. The highest BCUT2D eigenvalue weighted by Crippen LogP contribution is 2.31. The van der Waals surface area contributed by atoms with E-state index in [1.807, 2.05) is 23.6 Å². The number of nitrogens with one attached hydrogen (secondary N) is 1. The van der Waals surface area contributed by atoms with Gasteiger partial charge in [0.1, 0.15) is 5.60 Å². The SMILES string of the molecule is CC(C)NC(=O)N1CCOC2(CCCN(c3ncccc3F)C2)C1. The number of urea groups is 1. The molecule has 2 aliphatic heterocycles. The third kappa shape index (κ3) is 3.61. The van der Waals surface area contributed by atoms with Crippen molar-refractivity contribution in [3.05, 3.63) is 24.1 Å². The molecule has 0 saturated carbocycles. The molecule has 1 aromatic heterocycles. The smallest absolute Gasteiger partial charge is 0.317 e. The summed E-state index contributed by atoms with van der Waals surface area (Å²) >= 11 is 0. The molecule has 1 N–H and O–H groups in total. The van der Waals surface area contributed by atoms with E-state index >= 15 is 0 Å². The number of piperidine rings is 1. The molecule has 0 bridgehead atoms. The van der Waals surface area contributed by atoms with Gasteiger partial charge in [-0.25, -0.2) is 14.2 Å². The minimum Gasteiger partial charge on any atom is -0.369 e. The minimum absolute atomic E-state index is 0.0613. The summed E-state index contributed by atoms with van der Waals surface area (Å²) in [7, 11) is 0. The molecule has 2 aliphatic rings. The lowest BCUT2D eigenvalue weighted by molar-refractivity contribution is -0.103. The zero-order valence-corrected chi connectivity index (χ0v) is 14.3. The zero-order valence-electron chi connectivity index (χ0n) is 14.3. The first-order valence-corrected chi connectivity index (χ1v) is 8.54. The molecule has 2 amide bonds. The molecule has 132 valence electrons. The summed E-state index contributed by atoms with van der Waals surface area (Å²) in [5.41, 5.74) is -0.450. The number of hydrogen-bond acceptors (Lipinski definition) is 4. The maximum atomic E-state index is 14.1. The Labute approximate surface area is 142 Å². The summed E-state index contributed by atoms with van der Waals surface area (Å²) in [6.07, 6.45) is 3.35. The molecule has 7 heteroatoms. The Kier molecular flexibility index (Phi) is 4.89. The first-order valence-electron chi connectivity index (χ1n) is 8.54. The van der Waals surface area contributed by atoms with Crippen molar-refractivity contribution in [1.29, 1.82) is 0 Å². The van der Waals surface area contributed by atoms with Crippen molar-refractivity contribution < 1.29 is 13.9 Å². The van der Waals surface area contributed by atoms with E-state index in [4.69, 9.17) is 4.74 Å². The van der Waals surface area contributed by atoms with E-state index in [9.17, 15) is 9.18 Å². The van der Waals surface area contributed by atoms with Crippen LogP contribution in [0.3, 0.4) is 0 Å². The van der Waals surface area contributed by atoms with E-state index in [0.29, 0.717) is 32.1 Å². The molecule has 3 heterocycles.